The molecule has 28 heavy (non-hydrogen) atoms. The van der Waals surface area contributed by atoms with Crippen LogP contribution in [0.2, 0.25) is 0 Å². The molecular weight excluding hydrogens is 354 g/mol. The van der Waals surface area contributed by atoms with Gasteiger partial charge in [0.05, 0.1) is 11.9 Å². The maximum atomic E-state index is 12.6. The van der Waals surface area contributed by atoms with Crippen molar-refractivity contribution >= 4 is 17.6 Å². The number of carbonyl (C=O) groups excluding carboxylic acids is 1. The van der Waals surface area contributed by atoms with E-state index in [2.05, 4.69) is 39.1 Å². The van der Waals surface area contributed by atoms with Gasteiger partial charge in [0, 0.05) is 53.0 Å². The second-order valence-corrected chi connectivity index (χ2v) is 8.43. The maximum Gasteiger partial charge on any atom is 0.246 e. The van der Waals surface area contributed by atoms with Crippen LogP contribution in [0.1, 0.15) is 26.7 Å². The zero-order valence-electron chi connectivity index (χ0n) is 17.8. The number of aromatic nitrogens is 2. The molecule has 3 heterocycles. The Kier molecular flexibility index (Phi) is 6.93. The summed E-state index contributed by atoms with van der Waals surface area (Å²) in [6.45, 7) is 10.8. The van der Waals surface area contributed by atoms with E-state index in [1.54, 1.807) is 17.9 Å². The topological polar surface area (TPSA) is 69.0 Å². The summed E-state index contributed by atoms with van der Waals surface area (Å²) in [7, 11) is 3.66. The Hall–Kier alpha value is -2.09. The highest BCUT2D eigenvalue weighted by Gasteiger charge is 2.28. The number of piperidine rings is 1. The number of piperazine rings is 1. The molecule has 2 fully saturated rings. The Labute approximate surface area is 168 Å². The second-order valence-electron chi connectivity index (χ2n) is 8.43. The van der Waals surface area contributed by atoms with Gasteiger partial charge in [-0.2, -0.15) is 5.10 Å². The molecule has 1 N–H and O–H groups in total. The lowest BCUT2D eigenvalue weighted by atomic mass is 9.97. The van der Waals surface area contributed by atoms with Gasteiger partial charge in [-0.05, 0) is 31.2 Å². The van der Waals surface area contributed by atoms with Crippen LogP contribution in [0.4, 0.5) is 5.69 Å². The molecule has 0 aliphatic carbocycles. The fraction of sp³-hybridized carbons (Fsp3) is 0.750. The Bertz CT molecular complexity index is 684. The number of rotatable bonds is 5. The summed E-state index contributed by atoms with van der Waals surface area (Å²) in [5, 5.41) is 7.69. The maximum absolute atomic E-state index is 12.6. The molecule has 1 atom stereocenters. The SMILES string of the molecule is CN=C(NCC1CCCN(CC(C)C)C1)N1CCN(c2cnn(C)c2)C(=O)C1. The third-order valence-electron chi connectivity index (χ3n) is 5.51. The summed E-state index contributed by atoms with van der Waals surface area (Å²) < 4.78 is 1.72. The second kappa shape index (κ2) is 9.41. The number of likely N-dealkylation sites (tertiary alicyclic amines) is 1. The van der Waals surface area contributed by atoms with E-state index in [-0.39, 0.29) is 5.91 Å². The highest BCUT2D eigenvalue weighted by molar-refractivity contribution is 5.98. The van der Waals surface area contributed by atoms with Gasteiger partial charge >= 0.3 is 0 Å². The number of amides is 1. The van der Waals surface area contributed by atoms with Gasteiger partial charge in [-0.3, -0.25) is 14.5 Å². The van der Waals surface area contributed by atoms with E-state index in [1.165, 1.54) is 25.9 Å². The third kappa shape index (κ3) is 5.25. The van der Waals surface area contributed by atoms with Gasteiger partial charge in [-0.1, -0.05) is 13.8 Å². The van der Waals surface area contributed by atoms with Crippen LogP contribution in [0.25, 0.3) is 0 Å². The van der Waals surface area contributed by atoms with Crippen molar-refractivity contribution in [1.29, 1.82) is 0 Å². The van der Waals surface area contributed by atoms with E-state index in [1.807, 2.05) is 18.1 Å². The van der Waals surface area contributed by atoms with Crippen LogP contribution in [0.3, 0.4) is 0 Å². The molecule has 1 aromatic rings. The molecule has 2 aliphatic rings. The van der Waals surface area contributed by atoms with Crippen LogP contribution in [0.5, 0.6) is 0 Å². The molecular formula is C20H35N7O. The molecule has 0 saturated carbocycles. The monoisotopic (exact) mass is 389 g/mol. The van der Waals surface area contributed by atoms with Crippen LogP contribution >= 0.6 is 0 Å². The van der Waals surface area contributed by atoms with Crippen molar-refractivity contribution in [2.75, 3.05) is 57.8 Å². The molecule has 8 heteroatoms. The first-order chi connectivity index (χ1) is 13.5. The number of carbonyl (C=O) groups is 1. The lowest BCUT2D eigenvalue weighted by Crippen LogP contribution is -2.56. The number of nitrogens with zero attached hydrogens (tertiary/aromatic N) is 6. The fourth-order valence-electron chi connectivity index (χ4n) is 4.24. The molecule has 0 bridgehead atoms. The number of aryl methyl sites for hydroxylation is 1. The molecule has 1 amide bonds. The molecule has 0 radical (unpaired) electrons. The third-order valence-corrected chi connectivity index (χ3v) is 5.51. The van der Waals surface area contributed by atoms with E-state index in [9.17, 15) is 4.79 Å². The van der Waals surface area contributed by atoms with Gasteiger partial charge in [0.1, 0.15) is 6.54 Å². The zero-order valence-corrected chi connectivity index (χ0v) is 17.8. The van der Waals surface area contributed by atoms with Gasteiger partial charge in [-0.15, -0.1) is 0 Å². The predicted molar refractivity (Wildman–Crippen MR) is 112 cm³/mol. The summed E-state index contributed by atoms with van der Waals surface area (Å²) in [6, 6.07) is 0. The minimum Gasteiger partial charge on any atom is -0.356 e. The zero-order chi connectivity index (χ0) is 20.1. The van der Waals surface area contributed by atoms with Crippen molar-refractivity contribution in [1.82, 2.24) is 24.9 Å². The van der Waals surface area contributed by atoms with Gasteiger partial charge in [0.25, 0.3) is 0 Å². The van der Waals surface area contributed by atoms with Gasteiger partial charge in [-0.25, -0.2) is 0 Å². The summed E-state index contributed by atoms with van der Waals surface area (Å²) in [4.78, 5) is 23.5. The lowest BCUT2D eigenvalue weighted by molar-refractivity contribution is -0.120. The van der Waals surface area contributed by atoms with Crippen LogP contribution in [-0.2, 0) is 11.8 Å². The standard InChI is InChI=1S/C20H35N7O/c1-16(2)12-25-7-5-6-17(13-25)10-22-20(21-3)26-8-9-27(19(28)15-26)18-11-23-24(4)14-18/h11,14,16-17H,5-10,12-13,15H2,1-4H3,(H,21,22). The largest absolute Gasteiger partial charge is 0.356 e. The molecule has 1 aromatic heterocycles. The highest BCUT2D eigenvalue weighted by Crippen LogP contribution is 2.18. The average molecular weight is 390 g/mol. The quantitative estimate of drug-likeness (QED) is 0.601. The number of nitrogens with one attached hydrogen (secondary N) is 1. The molecule has 0 aromatic carbocycles. The van der Waals surface area contributed by atoms with Crippen molar-refractivity contribution in [3.63, 3.8) is 0 Å². The summed E-state index contributed by atoms with van der Waals surface area (Å²) in [6.07, 6.45) is 6.14. The van der Waals surface area contributed by atoms with Crippen LogP contribution in [-0.4, -0.2) is 84.3 Å². The number of guanidine groups is 1. The normalized spacial score (nSPS) is 22.2. The van der Waals surface area contributed by atoms with Gasteiger partial charge < -0.3 is 20.0 Å². The first-order valence-corrected chi connectivity index (χ1v) is 10.4. The molecule has 0 spiro atoms. The smallest absolute Gasteiger partial charge is 0.246 e. The summed E-state index contributed by atoms with van der Waals surface area (Å²) in [5.41, 5.74) is 0.863. The van der Waals surface area contributed by atoms with E-state index < -0.39 is 0 Å². The first-order valence-electron chi connectivity index (χ1n) is 10.4. The highest BCUT2D eigenvalue weighted by atomic mass is 16.2. The molecule has 3 rings (SSSR count). The first kappa shape index (κ1) is 20.6. The summed E-state index contributed by atoms with van der Waals surface area (Å²) in [5.74, 6) is 2.27. The fourth-order valence-corrected chi connectivity index (χ4v) is 4.24. The number of hydrogen-bond donors (Lipinski definition) is 1. The number of hydrogen-bond acceptors (Lipinski definition) is 4. The molecule has 8 nitrogen and oxygen atoms in total. The van der Waals surface area contributed by atoms with Crippen LogP contribution in [0, 0.1) is 11.8 Å². The molecule has 1 unspecified atom stereocenters. The van der Waals surface area contributed by atoms with Gasteiger partial charge in [0.15, 0.2) is 5.96 Å². The Morgan fingerprint density at radius 3 is 2.82 bits per heavy atom. The van der Waals surface area contributed by atoms with Crippen LogP contribution < -0.4 is 10.2 Å². The van der Waals surface area contributed by atoms with Gasteiger partial charge in [0.2, 0.25) is 5.91 Å². The van der Waals surface area contributed by atoms with E-state index in [4.69, 9.17) is 0 Å². The Morgan fingerprint density at radius 2 is 2.18 bits per heavy atom. The summed E-state index contributed by atoms with van der Waals surface area (Å²) >= 11 is 0. The number of aliphatic imine (C=N–C) groups is 1. The van der Waals surface area contributed by atoms with Crippen molar-refractivity contribution in [2.24, 2.45) is 23.9 Å². The Balaban J connectivity index is 1.50. The number of anilines is 1. The van der Waals surface area contributed by atoms with E-state index in [0.29, 0.717) is 24.9 Å². The van der Waals surface area contributed by atoms with Crippen molar-refractivity contribution in [3.8, 4) is 0 Å². The van der Waals surface area contributed by atoms with E-state index in [0.717, 1.165) is 31.3 Å². The molecule has 2 saturated heterocycles. The predicted octanol–water partition coefficient (Wildman–Crippen LogP) is 1.01. The van der Waals surface area contributed by atoms with Crippen LogP contribution in [0.15, 0.2) is 17.4 Å². The minimum atomic E-state index is 0.0861. The molecule has 2 aliphatic heterocycles. The van der Waals surface area contributed by atoms with Crippen molar-refractivity contribution in [3.05, 3.63) is 12.4 Å². The van der Waals surface area contributed by atoms with Crippen molar-refractivity contribution < 1.29 is 4.79 Å². The Morgan fingerprint density at radius 1 is 1.36 bits per heavy atom. The molecule has 156 valence electrons. The average Bonchev–Trinajstić information content (AvgIpc) is 3.08. The minimum absolute atomic E-state index is 0.0861. The van der Waals surface area contributed by atoms with E-state index >= 15 is 0 Å². The lowest BCUT2D eigenvalue weighted by Gasteiger charge is -2.37. The van der Waals surface area contributed by atoms with Crippen molar-refractivity contribution in [2.45, 2.75) is 26.7 Å².